The van der Waals surface area contributed by atoms with Gasteiger partial charge in [0.1, 0.15) is 5.76 Å². The molecule has 0 aliphatic rings. The number of para-hydroxylation sites is 1. The van der Waals surface area contributed by atoms with Gasteiger partial charge in [-0.1, -0.05) is 18.2 Å². The number of carbonyl (C=O) groups excluding carboxylic acids is 1. The predicted molar refractivity (Wildman–Crippen MR) is 77.8 cm³/mol. The molecule has 0 aliphatic carbocycles. The average Bonchev–Trinajstić information content (AvgIpc) is 2.78. The van der Waals surface area contributed by atoms with Crippen molar-refractivity contribution < 1.29 is 9.21 Å². The number of halogens is 1. The molecule has 19 heavy (non-hydrogen) atoms. The number of benzene rings is 1. The highest BCUT2D eigenvalue weighted by atomic mass is 79.9. The Bertz CT molecular complexity index is 580. The molecule has 100 valence electrons. The average molecular weight is 323 g/mol. The van der Waals surface area contributed by atoms with Crippen LogP contribution in [0.4, 0.5) is 5.69 Å². The maximum Gasteiger partial charge on any atom is 0.221 e. The molecule has 1 atom stereocenters. The van der Waals surface area contributed by atoms with E-state index in [4.69, 9.17) is 10.2 Å². The second kappa shape index (κ2) is 5.93. The third-order valence-corrected chi connectivity index (χ3v) is 3.20. The molecule has 0 saturated carbocycles. The van der Waals surface area contributed by atoms with Gasteiger partial charge in [0.2, 0.25) is 5.91 Å². The fourth-order valence-corrected chi connectivity index (χ4v) is 2.19. The lowest BCUT2D eigenvalue weighted by molar-refractivity contribution is -0.117. The van der Waals surface area contributed by atoms with Gasteiger partial charge in [-0.05, 0) is 46.6 Å². The van der Waals surface area contributed by atoms with E-state index in [1.54, 1.807) is 0 Å². The lowest BCUT2D eigenvalue weighted by Gasteiger charge is -2.16. The molecule has 3 N–H and O–H groups in total. The van der Waals surface area contributed by atoms with E-state index in [1.807, 2.05) is 43.3 Å². The van der Waals surface area contributed by atoms with Crippen LogP contribution in [0.1, 0.15) is 24.3 Å². The Kier molecular flexibility index (Phi) is 4.27. The van der Waals surface area contributed by atoms with Crippen LogP contribution in [-0.4, -0.2) is 5.91 Å². The number of nitrogens with one attached hydrogen (secondary N) is 1. The number of carbonyl (C=O) groups is 1. The van der Waals surface area contributed by atoms with Gasteiger partial charge in [0.15, 0.2) is 4.67 Å². The first-order valence-electron chi connectivity index (χ1n) is 5.94. The Morgan fingerprint density at radius 2 is 2.11 bits per heavy atom. The Morgan fingerprint density at radius 3 is 2.74 bits per heavy atom. The van der Waals surface area contributed by atoms with E-state index < -0.39 is 0 Å². The lowest BCUT2D eigenvalue weighted by Crippen LogP contribution is -2.15. The second-order valence-electron chi connectivity index (χ2n) is 4.31. The molecule has 4 nitrogen and oxygen atoms in total. The third kappa shape index (κ3) is 3.61. The topological polar surface area (TPSA) is 68.3 Å². The van der Waals surface area contributed by atoms with Gasteiger partial charge in [0.05, 0.1) is 12.5 Å². The number of amides is 1. The van der Waals surface area contributed by atoms with E-state index in [9.17, 15) is 4.79 Å². The first-order chi connectivity index (χ1) is 9.06. The first kappa shape index (κ1) is 13.7. The molecule has 0 radical (unpaired) electrons. The van der Waals surface area contributed by atoms with Crippen LogP contribution in [0.25, 0.3) is 0 Å². The van der Waals surface area contributed by atoms with Crippen molar-refractivity contribution in [3.05, 3.63) is 52.4 Å². The molecular formula is C14H15BrN2O2. The summed E-state index contributed by atoms with van der Waals surface area (Å²) in [6.45, 7) is 1.99. The molecule has 0 fully saturated rings. The van der Waals surface area contributed by atoms with Crippen molar-refractivity contribution in [3.63, 3.8) is 0 Å². The summed E-state index contributed by atoms with van der Waals surface area (Å²) >= 11 is 3.28. The molecule has 0 spiro atoms. The summed E-state index contributed by atoms with van der Waals surface area (Å²) in [5.74, 6) is 0.475. The first-order valence-corrected chi connectivity index (χ1v) is 6.73. The third-order valence-electron chi connectivity index (χ3n) is 2.77. The summed E-state index contributed by atoms with van der Waals surface area (Å²) in [5.41, 5.74) is 7.02. The monoisotopic (exact) mass is 322 g/mol. The summed E-state index contributed by atoms with van der Waals surface area (Å²) in [5, 5.41) is 3.32. The molecule has 5 heteroatoms. The Hall–Kier alpha value is -1.75. The minimum Gasteiger partial charge on any atom is -0.452 e. The van der Waals surface area contributed by atoms with E-state index in [0.29, 0.717) is 4.67 Å². The Morgan fingerprint density at radius 1 is 1.37 bits per heavy atom. The van der Waals surface area contributed by atoms with Gasteiger partial charge < -0.3 is 15.5 Å². The van der Waals surface area contributed by atoms with Crippen LogP contribution in [0.15, 0.2) is 45.5 Å². The van der Waals surface area contributed by atoms with Crippen LogP contribution >= 0.6 is 15.9 Å². The largest absolute Gasteiger partial charge is 0.452 e. The van der Waals surface area contributed by atoms with Gasteiger partial charge in [-0.15, -0.1) is 0 Å². The fourth-order valence-electron chi connectivity index (χ4n) is 1.87. The lowest BCUT2D eigenvalue weighted by atomic mass is 10.1. The molecule has 1 amide bonds. The van der Waals surface area contributed by atoms with E-state index in [-0.39, 0.29) is 18.4 Å². The number of hydrogen-bond acceptors (Lipinski definition) is 3. The quantitative estimate of drug-likeness (QED) is 0.887. The van der Waals surface area contributed by atoms with Crippen LogP contribution in [-0.2, 0) is 11.2 Å². The van der Waals surface area contributed by atoms with Crippen molar-refractivity contribution in [2.24, 2.45) is 5.73 Å². The molecule has 0 aliphatic heterocycles. The maximum atomic E-state index is 11.0. The molecular weight excluding hydrogens is 308 g/mol. The molecule has 1 aromatic heterocycles. The molecule has 0 bridgehead atoms. The van der Waals surface area contributed by atoms with Crippen molar-refractivity contribution in [1.82, 2.24) is 0 Å². The van der Waals surface area contributed by atoms with Crippen molar-refractivity contribution in [2.75, 3.05) is 5.32 Å². The van der Waals surface area contributed by atoms with E-state index in [1.165, 1.54) is 0 Å². The normalized spacial score (nSPS) is 12.1. The summed E-state index contributed by atoms with van der Waals surface area (Å²) < 4.78 is 6.20. The Labute approximate surface area is 120 Å². The van der Waals surface area contributed by atoms with E-state index >= 15 is 0 Å². The number of furan rings is 1. The van der Waals surface area contributed by atoms with Crippen molar-refractivity contribution >= 4 is 27.5 Å². The number of anilines is 1. The van der Waals surface area contributed by atoms with Crippen LogP contribution in [0.2, 0.25) is 0 Å². The van der Waals surface area contributed by atoms with E-state index in [2.05, 4.69) is 21.2 Å². The minimum atomic E-state index is -0.345. The van der Waals surface area contributed by atoms with Gasteiger partial charge in [-0.3, -0.25) is 4.79 Å². The summed E-state index contributed by atoms with van der Waals surface area (Å²) in [6.07, 6.45) is 0.220. The van der Waals surface area contributed by atoms with Gasteiger partial charge in [0, 0.05) is 5.69 Å². The Balaban J connectivity index is 2.16. The van der Waals surface area contributed by atoms with Crippen LogP contribution < -0.4 is 11.1 Å². The van der Waals surface area contributed by atoms with E-state index in [0.717, 1.165) is 17.0 Å². The fraction of sp³-hybridized carbons (Fsp3) is 0.214. The molecule has 1 aromatic carbocycles. The molecule has 1 heterocycles. The van der Waals surface area contributed by atoms with Crippen molar-refractivity contribution in [2.45, 2.75) is 19.4 Å². The summed E-state index contributed by atoms with van der Waals surface area (Å²) in [6, 6.07) is 11.4. The van der Waals surface area contributed by atoms with Crippen LogP contribution in [0.5, 0.6) is 0 Å². The standard InChI is InChI=1S/C14H15BrN2O2/c1-9(12-6-7-13(15)19-12)17-11-5-3-2-4-10(11)8-14(16)18/h2-7,9,17H,8H2,1H3,(H2,16,18). The highest BCUT2D eigenvalue weighted by molar-refractivity contribution is 9.10. The minimum absolute atomic E-state index is 0.000302. The van der Waals surface area contributed by atoms with Crippen molar-refractivity contribution in [1.29, 1.82) is 0 Å². The smallest absolute Gasteiger partial charge is 0.221 e. The predicted octanol–water partition coefficient (Wildman–Crippen LogP) is 3.24. The van der Waals surface area contributed by atoms with Gasteiger partial charge in [0.25, 0.3) is 0 Å². The SMILES string of the molecule is CC(Nc1ccccc1CC(N)=O)c1ccc(Br)o1. The van der Waals surface area contributed by atoms with Crippen molar-refractivity contribution in [3.8, 4) is 0 Å². The molecule has 1 unspecified atom stereocenters. The number of rotatable bonds is 5. The van der Waals surface area contributed by atoms with Gasteiger partial charge in [-0.2, -0.15) is 0 Å². The maximum absolute atomic E-state index is 11.0. The van der Waals surface area contributed by atoms with Crippen LogP contribution in [0.3, 0.4) is 0 Å². The molecule has 2 rings (SSSR count). The summed E-state index contributed by atoms with van der Waals surface area (Å²) in [4.78, 5) is 11.0. The zero-order valence-electron chi connectivity index (χ0n) is 10.5. The second-order valence-corrected chi connectivity index (χ2v) is 5.09. The highest BCUT2D eigenvalue weighted by Crippen LogP contribution is 2.25. The van der Waals surface area contributed by atoms with Crippen LogP contribution in [0, 0.1) is 0 Å². The molecule has 0 saturated heterocycles. The number of primary amides is 1. The van der Waals surface area contributed by atoms with Gasteiger partial charge in [-0.25, -0.2) is 0 Å². The molecule has 2 aromatic rings. The highest BCUT2D eigenvalue weighted by Gasteiger charge is 2.12. The zero-order chi connectivity index (χ0) is 13.8. The van der Waals surface area contributed by atoms with Gasteiger partial charge >= 0.3 is 0 Å². The summed E-state index contributed by atoms with van der Waals surface area (Å²) in [7, 11) is 0. The number of hydrogen-bond donors (Lipinski definition) is 2. The zero-order valence-corrected chi connectivity index (χ0v) is 12.1. The number of nitrogens with two attached hydrogens (primary N) is 1.